The largest absolute Gasteiger partial charge is 0.301 e. The molecule has 0 amide bonds. The molecule has 1 aliphatic carbocycles. The van der Waals surface area contributed by atoms with Crippen LogP contribution in [0.25, 0.3) is 0 Å². The zero-order valence-corrected chi connectivity index (χ0v) is 6.76. The first-order valence-electron chi connectivity index (χ1n) is 3.84. The molecule has 1 saturated carbocycles. The molecule has 0 aromatic rings. The highest BCUT2D eigenvalue weighted by Crippen LogP contribution is 2.15. The summed E-state index contributed by atoms with van der Waals surface area (Å²) >= 11 is 0. The lowest BCUT2D eigenvalue weighted by molar-refractivity contribution is -0.121. The molecule has 2 unspecified atom stereocenters. The van der Waals surface area contributed by atoms with Crippen molar-refractivity contribution >= 4 is 23.0 Å². The molecule has 6 heteroatoms. The van der Waals surface area contributed by atoms with E-state index in [0.717, 1.165) is 0 Å². The summed E-state index contributed by atoms with van der Waals surface area (Å²) in [7, 11) is 0. The number of Topliss-reactive ketones (excluding diaryl/α,β-unsaturated/α-hetero) is 2. The maximum atomic E-state index is 11.3. The van der Waals surface area contributed by atoms with Gasteiger partial charge in [0.05, 0.1) is 18.8 Å². The van der Waals surface area contributed by atoms with Crippen LogP contribution in [0.5, 0.6) is 0 Å². The first-order valence-corrected chi connectivity index (χ1v) is 3.84. The third-order valence-corrected chi connectivity index (χ3v) is 2.10. The quantitative estimate of drug-likeness (QED) is 0.436. The monoisotopic (exact) mass is 180 g/mol. The first kappa shape index (κ1) is 8.21. The van der Waals surface area contributed by atoms with E-state index in [1.54, 1.807) is 0 Å². The summed E-state index contributed by atoms with van der Waals surface area (Å²) < 4.78 is 0. The molecule has 0 bridgehead atoms. The molecule has 0 spiro atoms. The molecule has 13 heavy (non-hydrogen) atoms. The zero-order chi connectivity index (χ0) is 9.59. The summed E-state index contributed by atoms with van der Waals surface area (Å²) in [5.41, 5.74) is 2.19. The maximum Gasteiger partial charge on any atom is 0.222 e. The fraction of sp³-hybridized carbons (Fsp3) is 0.429. The van der Waals surface area contributed by atoms with E-state index in [1.807, 2.05) is 0 Å². The number of nitrogens with one attached hydrogen (secondary N) is 3. The van der Waals surface area contributed by atoms with Crippen LogP contribution < -0.4 is 5.43 Å². The number of nitrogens with zero attached hydrogens (tertiary/aromatic N) is 1. The van der Waals surface area contributed by atoms with Crippen LogP contribution in [0.4, 0.5) is 0 Å². The summed E-state index contributed by atoms with van der Waals surface area (Å²) in [4.78, 5) is 22.5. The number of hydrazine groups is 1. The molecule has 2 aliphatic rings. The topological polar surface area (TPSA) is 107 Å². The van der Waals surface area contributed by atoms with Gasteiger partial charge in [-0.15, -0.1) is 0 Å². The molecule has 0 aromatic heterocycles. The SMILES string of the molecule is N=C1CC(=O)C(N2CN2)C(=N)C1=O. The molecule has 0 aromatic carbocycles. The first-order chi connectivity index (χ1) is 6.11. The number of carbonyl (C=O) groups excluding carboxylic acids is 2. The number of hydrogen-bond acceptors (Lipinski definition) is 6. The van der Waals surface area contributed by atoms with Gasteiger partial charge in [-0.2, -0.15) is 0 Å². The average Bonchev–Trinajstić information content (AvgIpc) is 2.84. The second-order valence-corrected chi connectivity index (χ2v) is 3.05. The lowest BCUT2D eigenvalue weighted by atomic mass is 9.89. The van der Waals surface area contributed by atoms with Crippen molar-refractivity contribution in [3.63, 3.8) is 0 Å². The highest BCUT2D eigenvalue weighted by atomic mass is 16.1. The van der Waals surface area contributed by atoms with Gasteiger partial charge >= 0.3 is 0 Å². The Hall–Kier alpha value is -1.40. The van der Waals surface area contributed by atoms with Crippen LogP contribution in [0.1, 0.15) is 6.42 Å². The van der Waals surface area contributed by atoms with Gasteiger partial charge in [0.15, 0.2) is 5.78 Å². The Labute approximate surface area is 73.9 Å². The molecule has 1 saturated heterocycles. The van der Waals surface area contributed by atoms with Crippen molar-refractivity contribution in [2.75, 3.05) is 6.67 Å². The minimum Gasteiger partial charge on any atom is -0.301 e. The van der Waals surface area contributed by atoms with Crippen LogP contribution in [0.2, 0.25) is 0 Å². The van der Waals surface area contributed by atoms with E-state index in [2.05, 4.69) is 5.43 Å². The average molecular weight is 180 g/mol. The van der Waals surface area contributed by atoms with E-state index in [4.69, 9.17) is 10.8 Å². The fourth-order valence-corrected chi connectivity index (χ4v) is 1.35. The predicted octanol–water partition coefficient (Wildman–Crippen LogP) is -1.29. The molecule has 1 heterocycles. The van der Waals surface area contributed by atoms with Gasteiger partial charge in [-0.3, -0.25) is 15.0 Å². The van der Waals surface area contributed by atoms with Gasteiger partial charge in [0.2, 0.25) is 5.78 Å². The molecular formula is C7H8N4O2. The third kappa shape index (κ3) is 1.20. The molecule has 3 N–H and O–H groups in total. The van der Waals surface area contributed by atoms with E-state index in [-0.39, 0.29) is 23.6 Å². The van der Waals surface area contributed by atoms with Gasteiger partial charge in [-0.05, 0) is 0 Å². The van der Waals surface area contributed by atoms with Gasteiger partial charge in [-0.1, -0.05) is 0 Å². The van der Waals surface area contributed by atoms with Gasteiger partial charge in [0, 0.05) is 0 Å². The summed E-state index contributed by atoms with van der Waals surface area (Å²) in [6.07, 6.45) is -0.149. The molecular weight excluding hydrogens is 172 g/mol. The summed E-state index contributed by atoms with van der Waals surface area (Å²) in [5, 5.41) is 16.1. The number of hydrogen-bond donors (Lipinski definition) is 3. The van der Waals surface area contributed by atoms with E-state index in [9.17, 15) is 9.59 Å². The van der Waals surface area contributed by atoms with Crippen LogP contribution >= 0.6 is 0 Å². The number of rotatable bonds is 1. The number of ketones is 2. The van der Waals surface area contributed by atoms with Gasteiger partial charge in [0.25, 0.3) is 0 Å². The smallest absolute Gasteiger partial charge is 0.222 e. The maximum absolute atomic E-state index is 11.3. The summed E-state index contributed by atoms with van der Waals surface area (Å²) in [6.45, 7) is 0.527. The fourth-order valence-electron chi connectivity index (χ4n) is 1.35. The Morgan fingerprint density at radius 1 is 1.38 bits per heavy atom. The second kappa shape index (κ2) is 2.54. The molecule has 0 radical (unpaired) electrons. The third-order valence-electron chi connectivity index (χ3n) is 2.10. The Morgan fingerprint density at radius 3 is 2.54 bits per heavy atom. The molecule has 1 aliphatic heterocycles. The van der Waals surface area contributed by atoms with Crippen molar-refractivity contribution in [1.82, 2.24) is 10.4 Å². The normalized spacial score (nSPS) is 33.8. The molecule has 6 nitrogen and oxygen atoms in total. The molecule has 2 fully saturated rings. The molecule has 2 rings (SSSR count). The predicted molar refractivity (Wildman–Crippen MR) is 43.7 cm³/mol. The van der Waals surface area contributed by atoms with Gasteiger partial charge in [0.1, 0.15) is 11.8 Å². The van der Waals surface area contributed by atoms with E-state index in [1.165, 1.54) is 5.01 Å². The molecule has 68 valence electrons. The van der Waals surface area contributed by atoms with Crippen molar-refractivity contribution in [3.05, 3.63) is 0 Å². The van der Waals surface area contributed by atoms with Crippen LogP contribution in [-0.4, -0.2) is 40.7 Å². The van der Waals surface area contributed by atoms with Crippen LogP contribution in [0.3, 0.4) is 0 Å². The van der Waals surface area contributed by atoms with E-state index in [0.29, 0.717) is 6.67 Å². The van der Waals surface area contributed by atoms with Crippen LogP contribution in [0.15, 0.2) is 0 Å². The standard InChI is InChI=1S/C7H8N4O2/c8-3-1-4(12)6(11-2-10-11)5(9)7(3)13/h6,8-10H,1-2H2. The second-order valence-electron chi connectivity index (χ2n) is 3.05. The van der Waals surface area contributed by atoms with Crippen molar-refractivity contribution in [3.8, 4) is 0 Å². The lowest BCUT2D eigenvalue weighted by Crippen LogP contribution is -2.49. The van der Waals surface area contributed by atoms with E-state index >= 15 is 0 Å². The minimum atomic E-state index is -0.762. The van der Waals surface area contributed by atoms with Crippen molar-refractivity contribution < 1.29 is 9.59 Å². The van der Waals surface area contributed by atoms with Crippen molar-refractivity contribution in [2.45, 2.75) is 12.5 Å². The minimum absolute atomic E-state index is 0.149. The van der Waals surface area contributed by atoms with Gasteiger partial charge in [-0.25, -0.2) is 10.4 Å². The Morgan fingerprint density at radius 2 is 2.00 bits per heavy atom. The van der Waals surface area contributed by atoms with E-state index < -0.39 is 11.8 Å². The van der Waals surface area contributed by atoms with Crippen molar-refractivity contribution in [2.24, 2.45) is 0 Å². The Kier molecular flexibility index (Phi) is 1.61. The molecule has 2 atom stereocenters. The lowest BCUT2D eigenvalue weighted by Gasteiger charge is -2.20. The Bertz CT molecular complexity index is 331. The summed E-state index contributed by atoms with van der Waals surface area (Å²) in [6, 6.07) is -0.762. The van der Waals surface area contributed by atoms with Crippen molar-refractivity contribution in [1.29, 1.82) is 10.8 Å². The zero-order valence-electron chi connectivity index (χ0n) is 6.76. The Balaban J connectivity index is 2.27. The van der Waals surface area contributed by atoms with Crippen LogP contribution in [0, 0.1) is 10.8 Å². The van der Waals surface area contributed by atoms with Crippen LogP contribution in [-0.2, 0) is 9.59 Å². The highest BCUT2D eigenvalue weighted by molar-refractivity contribution is 6.71. The van der Waals surface area contributed by atoms with Gasteiger partial charge < -0.3 is 5.41 Å². The number of carbonyl (C=O) groups is 2. The summed E-state index contributed by atoms with van der Waals surface area (Å²) in [5.74, 6) is -0.863. The highest BCUT2D eigenvalue weighted by Gasteiger charge is 2.43.